The number of hydrogen-bond donors (Lipinski definition) is 1. The molecule has 1 N–H and O–H groups in total. The second kappa shape index (κ2) is 6.51. The van der Waals surface area contributed by atoms with Gasteiger partial charge < -0.3 is 14.5 Å². The minimum atomic E-state index is 0.481. The molecule has 0 saturated heterocycles. The summed E-state index contributed by atoms with van der Waals surface area (Å²) in [6, 6.07) is 2.53. The second-order valence-electron chi connectivity index (χ2n) is 4.13. The highest BCUT2D eigenvalue weighted by Crippen LogP contribution is 2.15. The summed E-state index contributed by atoms with van der Waals surface area (Å²) in [5.41, 5.74) is 1.20. The third kappa shape index (κ3) is 4.21. The second-order valence-corrected chi connectivity index (χ2v) is 4.13. The largest absolute Gasteiger partial charge is 0.464 e. The van der Waals surface area contributed by atoms with Crippen LogP contribution in [0.2, 0.25) is 0 Å². The predicted octanol–water partition coefficient (Wildman–Crippen LogP) is 2.79. The molecular weight excluding hydrogens is 202 g/mol. The number of hydrogen-bond acceptors (Lipinski definition) is 3. The molecule has 0 aliphatic carbocycles. The lowest BCUT2D eigenvalue weighted by molar-refractivity contribution is 0.131. The number of aryl methyl sites for hydroxylation is 1. The van der Waals surface area contributed by atoms with Gasteiger partial charge in [-0.3, -0.25) is 0 Å². The van der Waals surface area contributed by atoms with Gasteiger partial charge in [0.2, 0.25) is 0 Å². The zero-order valence-electron chi connectivity index (χ0n) is 10.4. The van der Waals surface area contributed by atoms with E-state index in [2.05, 4.69) is 25.7 Å². The van der Waals surface area contributed by atoms with Crippen molar-refractivity contribution in [2.24, 2.45) is 0 Å². The van der Waals surface area contributed by atoms with Crippen LogP contribution in [0.25, 0.3) is 0 Å². The highest BCUT2D eigenvalue weighted by molar-refractivity contribution is 5.20. The molecule has 0 unspecified atom stereocenters. The maximum Gasteiger partial charge on any atom is 0.130 e. The molecule has 0 saturated carbocycles. The average Bonchev–Trinajstić information content (AvgIpc) is 2.57. The van der Waals surface area contributed by atoms with E-state index in [0.717, 1.165) is 18.1 Å². The van der Waals surface area contributed by atoms with E-state index in [1.807, 2.05) is 13.0 Å². The molecule has 0 aliphatic rings. The fourth-order valence-electron chi connectivity index (χ4n) is 1.39. The van der Waals surface area contributed by atoms with Crippen LogP contribution >= 0.6 is 0 Å². The zero-order chi connectivity index (χ0) is 12.0. The van der Waals surface area contributed by atoms with Crippen molar-refractivity contribution in [3.63, 3.8) is 0 Å². The Labute approximate surface area is 97.5 Å². The van der Waals surface area contributed by atoms with Crippen LogP contribution in [0.5, 0.6) is 0 Å². The third-order valence-corrected chi connectivity index (χ3v) is 2.25. The monoisotopic (exact) mass is 223 g/mol. The Morgan fingerprint density at radius 3 is 2.94 bits per heavy atom. The van der Waals surface area contributed by atoms with Gasteiger partial charge in [0.25, 0.3) is 0 Å². The van der Waals surface area contributed by atoms with Crippen molar-refractivity contribution >= 4 is 0 Å². The summed E-state index contributed by atoms with van der Waals surface area (Å²) >= 11 is 0. The van der Waals surface area contributed by atoms with Crippen LogP contribution < -0.4 is 5.32 Å². The van der Waals surface area contributed by atoms with E-state index in [1.54, 1.807) is 6.08 Å². The van der Waals surface area contributed by atoms with E-state index >= 15 is 0 Å². The fourth-order valence-corrected chi connectivity index (χ4v) is 1.39. The number of nitrogens with one attached hydrogen (secondary N) is 1. The summed E-state index contributed by atoms with van der Waals surface area (Å²) in [5, 5.41) is 3.37. The molecule has 0 atom stereocenters. The highest BCUT2D eigenvalue weighted by Gasteiger charge is 2.07. The fraction of sp³-hybridized carbons (Fsp3) is 0.538. The number of rotatable bonds is 7. The normalized spacial score (nSPS) is 11.0. The van der Waals surface area contributed by atoms with E-state index in [-0.39, 0.29) is 0 Å². The van der Waals surface area contributed by atoms with E-state index in [0.29, 0.717) is 19.3 Å². The topological polar surface area (TPSA) is 34.4 Å². The van der Waals surface area contributed by atoms with Crippen molar-refractivity contribution in [3.8, 4) is 0 Å². The van der Waals surface area contributed by atoms with Crippen LogP contribution in [0.1, 0.15) is 30.9 Å². The maximum absolute atomic E-state index is 5.59. The Bertz CT molecular complexity index is 329. The summed E-state index contributed by atoms with van der Waals surface area (Å²) in [7, 11) is 0. The molecule has 16 heavy (non-hydrogen) atoms. The Balaban J connectivity index is 2.48. The van der Waals surface area contributed by atoms with Crippen LogP contribution in [0.4, 0.5) is 0 Å². The van der Waals surface area contributed by atoms with Crippen LogP contribution in [0, 0.1) is 6.92 Å². The first-order valence-electron chi connectivity index (χ1n) is 5.63. The quantitative estimate of drug-likeness (QED) is 0.570. The van der Waals surface area contributed by atoms with Gasteiger partial charge in [-0.15, -0.1) is 6.58 Å². The van der Waals surface area contributed by atoms with Crippen molar-refractivity contribution in [2.75, 3.05) is 6.61 Å². The van der Waals surface area contributed by atoms with Crippen molar-refractivity contribution in [2.45, 2.75) is 40.0 Å². The molecule has 1 rings (SSSR count). The van der Waals surface area contributed by atoms with Gasteiger partial charge in [-0.25, -0.2) is 0 Å². The predicted molar refractivity (Wildman–Crippen MR) is 65.3 cm³/mol. The summed E-state index contributed by atoms with van der Waals surface area (Å²) in [5.74, 6) is 1.84. The molecule has 3 nitrogen and oxygen atoms in total. The van der Waals surface area contributed by atoms with Crippen LogP contribution in [0.15, 0.2) is 23.1 Å². The molecule has 1 aromatic heterocycles. The standard InChI is InChI=1S/C13H21NO2/c1-5-6-15-9-13-7-12(11(4)16-13)8-14-10(2)3/h5,7,10,14H,1,6,8-9H2,2-4H3. The van der Waals surface area contributed by atoms with Gasteiger partial charge in [0.05, 0.1) is 6.61 Å². The smallest absolute Gasteiger partial charge is 0.130 e. The Morgan fingerprint density at radius 2 is 2.31 bits per heavy atom. The SMILES string of the molecule is C=CCOCc1cc(CNC(C)C)c(C)o1. The van der Waals surface area contributed by atoms with Gasteiger partial charge in [0.15, 0.2) is 0 Å². The van der Waals surface area contributed by atoms with E-state index < -0.39 is 0 Å². The van der Waals surface area contributed by atoms with Gasteiger partial charge in [0, 0.05) is 18.2 Å². The average molecular weight is 223 g/mol. The summed E-state index contributed by atoms with van der Waals surface area (Å²) in [6.45, 7) is 11.7. The van der Waals surface area contributed by atoms with Crippen molar-refractivity contribution in [1.29, 1.82) is 0 Å². The van der Waals surface area contributed by atoms with Crippen molar-refractivity contribution < 1.29 is 9.15 Å². The van der Waals surface area contributed by atoms with Crippen LogP contribution in [-0.2, 0) is 17.9 Å². The Hall–Kier alpha value is -1.06. The number of furan rings is 1. The molecule has 0 aromatic carbocycles. The van der Waals surface area contributed by atoms with Crippen molar-refractivity contribution in [1.82, 2.24) is 5.32 Å². The molecule has 0 aliphatic heterocycles. The van der Waals surface area contributed by atoms with E-state index in [1.165, 1.54) is 5.56 Å². The van der Waals surface area contributed by atoms with Gasteiger partial charge >= 0.3 is 0 Å². The molecule has 0 radical (unpaired) electrons. The lowest BCUT2D eigenvalue weighted by atomic mass is 10.2. The maximum atomic E-state index is 5.59. The third-order valence-electron chi connectivity index (χ3n) is 2.25. The highest BCUT2D eigenvalue weighted by atomic mass is 16.5. The molecule has 3 heteroatoms. The summed E-state index contributed by atoms with van der Waals surface area (Å²) in [6.07, 6.45) is 1.73. The van der Waals surface area contributed by atoms with Gasteiger partial charge in [-0.1, -0.05) is 19.9 Å². The number of ether oxygens (including phenoxy) is 1. The molecule has 1 aromatic rings. The molecule has 0 amide bonds. The van der Waals surface area contributed by atoms with Gasteiger partial charge in [-0.2, -0.15) is 0 Å². The zero-order valence-corrected chi connectivity index (χ0v) is 10.4. The molecule has 90 valence electrons. The summed E-state index contributed by atoms with van der Waals surface area (Å²) in [4.78, 5) is 0. The first-order chi connectivity index (χ1) is 7.63. The van der Waals surface area contributed by atoms with Crippen molar-refractivity contribution in [3.05, 3.63) is 35.8 Å². The van der Waals surface area contributed by atoms with Gasteiger partial charge in [0.1, 0.15) is 18.1 Å². The Morgan fingerprint density at radius 1 is 1.56 bits per heavy atom. The van der Waals surface area contributed by atoms with Crippen LogP contribution in [-0.4, -0.2) is 12.6 Å². The molecule has 0 fully saturated rings. The van der Waals surface area contributed by atoms with E-state index in [9.17, 15) is 0 Å². The first kappa shape index (κ1) is 13.0. The summed E-state index contributed by atoms with van der Waals surface area (Å²) < 4.78 is 10.9. The molecule has 1 heterocycles. The first-order valence-corrected chi connectivity index (χ1v) is 5.63. The molecular formula is C13H21NO2. The molecule has 0 spiro atoms. The minimum absolute atomic E-state index is 0.481. The Kier molecular flexibility index (Phi) is 5.29. The van der Waals surface area contributed by atoms with Gasteiger partial charge in [-0.05, 0) is 13.0 Å². The molecule has 0 bridgehead atoms. The van der Waals surface area contributed by atoms with Crippen LogP contribution in [0.3, 0.4) is 0 Å². The lowest BCUT2D eigenvalue weighted by Gasteiger charge is -2.05. The van der Waals surface area contributed by atoms with E-state index in [4.69, 9.17) is 9.15 Å². The minimum Gasteiger partial charge on any atom is -0.464 e. The lowest BCUT2D eigenvalue weighted by Crippen LogP contribution is -2.21.